The summed E-state index contributed by atoms with van der Waals surface area (Å²) < 4.78 is 0. The lowest BCUT2D eigenvalue weighted by Crippen LogP contribution is -2.26. The average Bonchev–Trinajstić information content (AvgIpc) is 2.74. The van der Waals surface area contributed by atoms with E-state index in [9.17, 15) is 4.79 Å². The van der Waals surface area contributed by atoms with Gasteiger partial charge in [0, 0.05) is 24.8 Å². The Morgan fingerprint density at radius 3 is 3.06 bits per heavy atom. The monoisotopic (exact) mass is 241 g/mol. The minimum absolute atomic E-state index is 0.0800. The summed E-state index contributed by atoms with van der Waals surface area (Å²) in [5, 5.41) is 6.08. The Bertz CT molecular complexity index is 325. The first-order valence-corrected chi connectivity index (χ1v) is 6.54. The van der Waals surface area contributed by atoms with E-state index in [0.717, 1.165) is 30.0 Å². The maximum absolute atomic E-state index is 11.3. The molecular formula is C11H19N3OS. The van der Waals surface area contributed by atoms with Gasteiger partial charge in [-0.1, -0.05) is 6.92 Å². The zero-order chi connectivity index (χ0) is 11.8. The third kappa shape index (κ3) is 4.72. The molecule has 1 rings (SSSR count). The maximum atomic E-state index is 11.3. The Labute approximate surface area is 100 Å². The molecule has 0 radical (unpaired) electrons. The average molecular weight is 241 g/mol. The zero-order valence-corrected chi connectivity index (χ0v) is 10.5. The summed E-state index contributed by atoms with van der Waals surface area (Å²) in [6.45, 7) is 3.33. The van der Waals surface area contributed by atoms with Crippen LogP contribution in [0.4, 0.5) is 0 Å². The van der Waals surface area contributed by atoms with Gasteiger partial charge in [-0.2, -0.15) is 0 Å². The predicted octanol–water partition coefficient (Wildman–Crippen LogP) is 1.10. The second-order valence-corrected chi connectivity index (χ2v) is 4.52. The van der Waals surface area contributed by atoms with E-state index in [0.29, 0.717) is 19.5 Å². The van der Waals surface area contributed by atoms with E-state index in [1.54, 1.807) is 11.3 Å². The Hall–Kier alpha value is -0.940. The van der Waals surface area contributed by atoms with E-state index < -0.39 is 0 Å². The number of carbonyl (C=O) groups is 1. The van der Waals surface area contributed by atoms with Crippen LogP contribution in [0.1, 0.15) is 30.5 Å². The van der Waals surface area contributed by atoms with Gasteiger partial charge < -0.3 is 11.1 Å². The molecule has 0 saturated carbocycles. The molecule has 0 aromatic carbocycles. The molecule has 3 N–H and O–H groups in total. The molecule has 16 heavy (non-hydrogen) atoms. The maximum Gasteiger partial charge on any atom is 0.220 e. The third-order valence-electron chi connectivity index (χ3n) is 2.21. The second-order valence-electron chi connectivity index (χ2n) is 3.58. The van der Waals surface area contributed by atoms with Gasteiger partial charge in [-0.05, 0) is 19.4 Å². The molecular weight excluding hydrogens is 222 g/mol. The van der Waals surface area contributed by atoms with Gasteiger partial charge in [-0.15, -0.1) is 11.3 Å². The van der Waals surface area contributed by atoms with Gasteiger partial charge in [-0.25, -0.2) is 4.98 Å². The number of aryl methyl sites for hydroxylation is 1. The van der Waals surface area contributed by atoms with Crippen molar-refractivity contribution in [2.75, 3.05) is 13.1 Å². The Balaban J connectivity index is 2.17. The summed E-state index contributed by atoms with van der Waals surface area (Å²) in [6, 6.07) is 0. The predicted molar refractivity (Wildman–Crippen MR) is 66.5 cm³/mol. The van der Waals surface area contributed by atoms with Crippen LogP contribution >= 0.6 is 11.3 Å². The summed E-state index contributed by atoms with van der Waals surface area (Å²) >= 11 is 1.68. The molecule has 0 unspecified atom stereocenters. The van der Waals surface area contributed by atoms with Crippen LogP contribution in [0.25, 0.3) is 0 Å². The number of amides is 1. The molecule has 4 nitrogen and oxygen atoms in total. The molecule has 0 bridgehead atoms. The van der Waals surface area contributed by atoms with Crippen LogP contribution in [0.3, 0.4) is 0 Å². The highest BCUT2D eigenvalue weighted by Gasteiger charge is 2.02. The lowest BCUT2D eigenvalue weighted by atomic mass is 10.3. The molecule has 1 heterocycles. The largest absolute Gasteiger partial charge is 0.356 e. The van der Waals surface area contributed by atoms with Crippen LogP contribution in [-0.4, -0.2) is 24.0 Å². The van der Waals surface area contributed by atoms with Gasteiger partial charge in [0.1, 0.15) is 0 Å². The number of rotatable bonds is 7. The third-order valence-corrected chi connectivity index (χ3v) is 3.25. The van der Waals surface area contributed by atoms with Gasteiger partial charge in [0.05, 0.1) is 10.7 Å². The molecule has 1 amide bonds. The topological polar surface area (TPSA) is 68.0 Å². The highest BCUT2D eigenvalue weighted by molar-refractivity contribution is 7.09. The number of nitrogens with zero attached hydrogens (tertiary/aromatic N) is 1. The molecule has 90 valence electrons. The van der Waals surface area contributed by atoms with E-state index >= 15 is 0 Å². The van der Waals surface area contributed by atoms with E-state index in [2.05, 4.69) is 22.6 Å². The van der Waals surface area contributed by atoms with Crippen molar-refractivity contribution in [3.05, 3.63) is 16.1 Å². The van der Waals surface area contributed by atoms with E-state index in [4.69, 9.17) is 5.73 Å². The number of carbonyl (C=O) groups excluding carboxylic acids is 1. The first-order chi connectivity index (χ1) is 7.76. The quantitative estimate of drug-likeness (QED) is 0.751. The van der Waals surface area contributed by atoms with Crippen LogP contribution in [0.15, 0.2) is 5.38 Å². The lowest BCUT2D eigenvalue weighted by Gasteiger charge is -2.02. The van der Waals surface area contributed by atoms with Crippen molar-refractivity contribution in [2.24, 2.45) is 5.73 Å². The molecule has 0 spiro atoms. The first-order valence-electron chi connectivity index (χ1n) is 5.66. The summed E-state index contributed by atoms with van der Waals surface area (Å²) in [4.78, 5) is 15.7. The molecule has 0 aliphatic rings. The van der Waals surface area contributed by atoms with Crippen molar-refractivity contribution in [1.29, 1.82) is 0 Å². The van der Waals surface area contributed by atoms with Crippen LogP contribution in [-0.2, 0) is 17.6 Å². The van der Waals surface area contributed by atoms with Crippen LogP contribution in [0.2, 0.25) is 0 Å². The highest BCUT2D eigenvalue weighted by Crippen LogP contribution is 2.10. The number of aromatic nitrogens is 1. The van der Waals surface area contributed by atoms with Gasteiger partial charge in [0.2, 0.25) is 5.91 Å². The van der Waals surface area contributed by atoms with E-state index in [1.165, 1.54) is 0 Å². The van der Waals surface area contributed by atoms with Crippen molar-refractivity contribution >= 4 is 17.2 Å². The number of hydrogen-bond acceptors (Lipinski definition) is 4. The standard InChI is InChI=1S/C11H19N3OS/c1-2-11-14-9(8-16-11)5-7-13-10(15)4-3-6-12/h8H,2-7,12H2,1H3,(H,13,15). The number of nitrogens with two attached hydrogens (primary N) is 1. The van der Waals surface area contributed by atoms with Crippen LogP contribution in [0, 0.1) is 0 Å². The summed E-state index contributed by atoms with van der Waals surface area (Å²) in [6.07, 6.45) is 3.06. The fourth-order valence-corrected chi connectivity index (χ4v) is 2.09. The van der Waals surface area contributed by atoms with Crippen molar-refractivity contribution in [2.45, 2.75) is 32.6 Å². The molecule has 1 aromatic rings. The second kappa shape index (κ2) is 7.35. The zero-order valence-electron chi connectivity index (χ0n) is 9.66. The fourth-order valence-electron chi connectivity index (χ4n) is 1.31. The normalized spacial score (nSPS) is 10.4. The van der Waals surface area contributed by atoms with Crippen LogP contribution < -0.4 is 11.1 Å². The van der Waals surface area contributed by atoms with E-state index in [-0.39, 0.29) is 5.91 Å². The van der Waals surface area contributed by atoms with Crippen LogP contribution in [0.5, 0.6) is 0 Å². The summed E-state index contributed by atoms with van der Waals surface area (Å²) in [7, 11) is 0. The SMILES string of the molecule is CCc1nc(CCNC(=O)CCCN)cs1. The van der Waals surface area contributed by atoms with Crippen molar-refractivity contribution in [1.82, 2.24) is 10.3 Å². The fraction of sp³-hybridized carbons (Fsp3) is 0.636. The Kier molecular flexibility index (Phi) is 6.03. The molecule has 5 heteroatoms. The van der Waals surface area contributed by atoms with Crippen molar-refractivity contribution < 1.29 is 4.79 Å². The minimum atomic E-state index is 0.0800. The molecule has 0 aliphatic carbocycles. The summed E-state index contributed by atoms with van der Waals surface area (Å²) in [5.74, 6) is 0.0800. The van der Waals surface area contributed by atoms with E-state index in [1.807, 2.05) is 0 Å². The molecule has 1 aromatic heterocycles. The number of nitrogens with one attached hydrogen (secondary N) is 1. The number of thiazole rings is 1. The number of hydrogen-bond donors (Lipinski definition) is 2. The highest BCUT2D eigenvalue weighted by atomic mass is 32.1. The smallest absolute Gasteiger partial charge is 0.220 e. The lowest BCUT2D eigenvalue weighted by molar-refractivity contribution is -0.121. The molecule has 0 saturated heterocycles. The minimum Gasteiger partial charge on any atom is -0.356 e. The Morgan fingerprint density at radius 2 is 2.44 bits per heavy atom. The Morgan fingerprint density at radius 1 is 1.62 bits per heavy atom. The van der Waals surface area contributed by atoms with Gasteiger partial charge in [0.25, 0.3) is 0 Å². The van der Waals surface area contributed by atoms with Gasteiger partial charge >= 0.3 is 0 Å². The molecule has 0 fully saturated rings. The molecule has 0 aliphatic heterocycles. The summed E-state index contributed by atoms with van der Waals surface area (Å²) in [5.41, 5.74) is 6.40. The van der Waals surface area contributed by atoms with Gasteiger partial charge in [-0.3, -0.25) is 4.79 Å². The van der Waals surface area contributed by atoms with Crippen molar-refractivity contribution in [3.8, 4) is 0 Å². The van der Waals surface area contributed by atoms with Crippen molar-refractivity contribution in [3.63, 3.8) is 0 Å². The molecule has 0 atom stereocenters. The first kappa shape index (κ1) is 13.1. The van der Waals surface area contributed by atoms with Gasteiger partial charge in [0.15, 0.2) is 0 Å².